The highest BCUT2D eigenvalue weighted by Crippen LogP contribution is 2.25. The molecule has 2 aromatic rings. The van der Waals surface area contributed by atoms with Crippen LogP contribution in [0.2, 0.25) is 0 Å². The molecule has 1 aliphatic heterocycles. The molecule has 1 saturated heterocycles. The Morgan fingerprint density at radius 2 is 2.04 bits per heavy atom. The zero-order valence-corrected chi connectivity index (χ0v) is 17.0. The number of amides is 1. The third kappa shape index (κ3) is 4.66. The van der Waals surface area contributed by atoms with Crippen LogP contribution < -0.4 is 5.73 Å². The van der Waals surface area contributed by atoms with Crippen LogP contribution in [0.5, 0.6) is 0 Å². The van der Waals surface area contributed by atoms with E-state index >= 15 is 0 Å². The quantitative estimate of drug-likeness (QED) is 0.787. The van der Waals surface area contributed by atoms with Gasteiger partial charge >= 0.3 is 0 Å². The van der Waals surface area contributed by atoms with Crippen molar-refractivity contribution in [2.45, 2.75) is 32.0 Å². The molecule has 1 aromatic carbocycles. The van der Waals surface area contributed by atoms with Crippen LogP contribution >= 0.6 is 0 Å². The second kappa shape index (κ2) is 9.12. The number of nitrogens with two attached hydrogens (primary N) is 1. The van der Waals surface area contributed by atoms with Crippen molar-refractivity contribution in [2.24, 2.45) is 0 Å². The van der Waals surface area contributed by atoms with E-state index in [9.17, 15) is 4.79 Å². The highest BCUT2D eigenvalue weighted by atomic mass is 16.2. The number of nitrogen functional groups attached to an aromatic ring is 1. The van der Waals surface area contributed by atoms with Crippen LogP contribution in [0.25, 0.3) is 0 Å². The van der Waals surface area contributed by atoms with E-state index in [-0.39, 0.29) is 18.0 Å². The summed E-state index contributed by atoms with van der Waals surface area (Å²) in [5.41, 5.74) is 6.80. The Morgan fingerprint density at radius 3 is 2.71 bits per heavy atom. The summed E-state index contributed by atoms with van der Waals surface area (Å²) >= 11 is 0. The summed E-state index contributed by atoms with van der Waals surface area (Å²) in [7, 11) is 4.06. The lowest BCUT2D eigenvalue weighted by atomic mass is 10.0. The topological polar surface area (TPSA) is 78.6 Å². The summed E-state index contributed by atoms with van der Waals surface area (Å²) < 4.78 is 0. The predicted molar refractivity (Wildman–Crippen MR) is 110 cm³/mol. The van der Waals surface area contributed by atoms with Crippen LogP contribution in [0, 0.1) is 0 Å². The van der Waals surface area contributed by atoms with E-state index in [0.717, 1.165) is 31.6 Å². The Morgan fingerprint density at radius 1 is 1.29 bits per heavy atom. The first-order chi connectivity index (χ1) is 13.5. The average Bonchev–Trinajstić information content (AvgIpc) is 3.19. The van der Waals surface area contributed by atoms with Crippen LogP contribution in [0.15, 0.2) is 42.6 Å². The Kier molecular flexibility index (Phi) is 6.59. The van der Waals surface area contributed by atoms with E-state index < -0.39 is 0 Å². The monoisotopic (exact) mass is 382 g/mol. The number of likely N-dealkylation sites (N-methyl/N-ethyl adjacent to an activating group) is 2. The summed E-state index contributed by atoms with van der Waals surface area (Å²) in [5.74, 6) is 1.36. The molecule has 1 fully saturated rings. The van der Waals surface area contributed by atoms with Gasteiger partial charge in [0.2, 0.25) is 5.91 Å². The van der Waals surface area contributed by atoms with Gasteiger partial charge in [0, 0.05) is 25.3 Å². The molecule has 0 aliphatic carbocycles. The number of hydrogen-bond acceptors (Lipinski definition) is 6. The smallest absolute Gasteiger partial charge is 0.244 e. The van der Waals surface area contributed by atoms with Crippen molar-refractivity contribution >= 4 is 11.7 Å². The zero-order chi connectivity index (χ0) is 20.1. The van der Waals surface area contributed by atoms with Crippen molar-refractivity contribution in [2.75, 3.05) is 39.5 Å². The van der Waals surface area contributed by atoms with Crippen molar-refractivity contribution < 1.29 is 4.79 Å². The number of carbonyl (C=O) groups is 1. The van der Waals surface area contributed by atoms with E-state index in [1.807, 2.05) is 42.3 Å². The third-order valence-electron chi connectivity index (χ3n) is 5.51. The number of nitrogens with zero attached hydrogens (tertiary/aromatic N) is 5. The van der Waals surface area contributed by atoms with Gasteiger partial charge in [0.05, 0.1) is 6.54 Å². The number of hydrogen-bond donors (Lipinski definition) is 1. The van der Waals surface area contributed by atoms with Crippen molar-refractivity contribution in [1.29, 1.82) is 0 Å². The van der Waals surface area contributed by atoms with Gasteiger partial charge in [-0.25, -0.2) is 9.97 Å². The number of benzene rings is 1. The lowest BCUT2D eigenvalue weighted by Gasteiger charge is -2.31. The molecule has 0 saturated carbocycles. The number of likely N-dealkylation sites (tertiary alicyclic amines) is 1. The van der Waals surface area contributed by atoms with Gasteiger partial charge in [0.25, 0.3) is 0 Å². The fraction of sp³-hybridized carbons (Fsp3) is 0.476. The van der Waals surface area contributed by atoms with E-state index in [4.69, 9.17) is 5.73 Å². The molecule has 1 amide bonds. The van der Waals surface area contributed by atoms with Gasteiger partial charge in [-0.15, -0.1) is 0 Å². The Labute approximate surface area is 167 Å². The fourth-order valence-corrected chi connectivity index (χ4v) is 3.72. The van der Waals surface area contributed by atoms with Crippen LogP contribution in [0.4, 0.5) is 5.82 Å². The molecule has 7 nitrogen and oxygen atoms in total. The van der Waals surface area contributed by atoms with Gasteiger partial charge in [-0.3, -0.25) is 14.6 Å². The number of aromatic nitrogens is 2. The summed E-state index contributed by atoms with van der Waals surface area (Å²) in [5, 5.41) is 0. The molecule has 2 heterocycles. The summed E-state index contributed by atoms with van der Waals surface area (Å²) in [6.07, 6.45) is 2.63. The van der Waals surface area contributed by atoms with E-state index in [2.05, 4.69) is 33.7 Å². The van der Waals surface area contributed by atoms with Crippen LogP contribution in [-0.4, -0.2) is 70.3 Å². The van der Waals surface area contributed by atoms with Gasteiger partial charge in [-0.2, -0.15) is 0 Å². The molecule has 0 unspecified atom stereocenters. The van der Waals surface area contributed by atoms with Gasteiger partial charge in [-0.1, -0.05) is 37.3 Å². The Hall–Kier alpha value is -2.51. The van der Waals surface area contributed by atoms with Gasteiger partial charge in [0.1, 0.15) is 17.7 Å². The first-order valence-corrected chi connectivity index (χ1v) is 9.81. The van der Waals surface area contributed by atoms with Crippen LogP contribution in [-0.2, 0) is 11.3 Å². The molecular weight excluding hydrogens is 352 g/mol. The SMILES string of the molecule is CCN(C)[C@H](C(=O)N1CC[C@H](N(C)Cc2nccc(N)n2)C1)c1ccccc1. The molecular formula is C21H30N6O. The van der Waals surface area contributed by atoms with Crippen molar-refractivity contribution in [3.05, 3.63) is 54.0 Å². The summed E-state index contributed by atoms with van der Waals surface area (Å²) in [4.78, 5) is 28.2. The number of anilines is 1. The molecule has 1 aliphatic rings. The number of rotatable bonds is 7. The van der Waals surface area contributed by atoms with Crippen molar-refractivity contribution in [1.82, 2.24) is 24.7 Å². The highest BCUT2D eigenvalue weighted by Gasteiger charge is 2.34. The van der Waals surface area contributed by atoms with Gasteiger partial charge in [-0.05, 0) is 38.7 Å². The maximum atomic E-state index is 13.3. The molecule has 1 aromatic heterocycles. The minimum Gasteiger partial charge on any atom is -0.384 e. The first-order valence-electron chi connectivity index (χ1n) is 9.81. The third-order valence-corrected chi connectivity index (χ3v) is 5.51. The second-order valence-corrected chi connectivity index (χ2v) is 7.43. The molecule has 28 heavy (non-hydrogen) atoms. The average molecular weight is 383 g/mol. The molecule has 0 spiro atoms. The van der Waals surface area contributed by atoms with E-state index in [1.165, 1.54) is 0 Å². The lowest BCUT2D eigenvalue weighted by Crippen LogP contribution is -2.42. The summed E-state index contributed by atoms with van der Waals surface area (Å²) in [6, 6.07) is 11.8. The molecule has 0 radical (unpaired) electrons. The molecule has 2 atom stereocenters. The lowest BCUT2D eigenvalue weighted by molar-refractivity contribution is -0.135. The van der Waals surface area contributed by atoms with Gasteiger partial charge < -0.3 is 10.6 Å². The zero-order valence-electron chi connectivity index (χ0n) is 17.0. The fourth-order valence-electron chi connectivity index (χ4n) is 3.72. The van der Waals surface area contributed by atoms with Gasteiger partial charge in [0.15, 0.2) is 0 Å². The minimum absolute atomic E-state index is 0.173. The Bertz CT molecular complexity index is 783. The second-order valence-electron chi connectivity index (χ2n) is 7.43. The molecule has 0 bridgehead atoms. The maximum absolute atomic E-state index is 13.3. The largest absolute Gasteiger partial charge is 0.384 e. The molecule has 7 heteroatoms. The van der Waals surface area contributed by atoms with Crippen molar-refractivity contribution in [3.63, 3.8) is 0 Å². The van der Waals surface area contributed by atoms with E-state index in [1.54, 1.807) is 12.3 Å². The van der Waals surface area contributed by atoms with Crippen LogP contribution in [0.1, 0.15) is 30.8 Å². The highest BCUT2D eigenvalue weighted by molar-refractivity contribution is 5.83. The number of carbonyl (C=O) groups excluding carboxylic acids is 1. The molecule has 3 rings (SSSR count). The molecule has 2 N–H and O–H groups in total. The molecule has 150 valence electrons. The minimum atomic E-state index is -0.243. The first kappa shape index (κ1) is 20.2. The van der Waals surface area contributed by atoms with E-state index in [0.29, 0.717) is 18.2 Å². The Balaban J connectivity index is 1.66. The maximum Gasteiger partial charge on any atom is 0.244 e. The summed E-state index contributed by atoms with van der Waals surface area (Å²) in [6.45, 7) is 5.00. The normalized spacial score (nSPS) is 18.0. The predicted octanol–water partition coefficient (Wildman–Crippen LogP) is 1.78. The van der Waals surface area contributed by atoms with Crippen LogP contribution in [0.3, 0.4) is 0 Å². The van der Waals surface area contributed by atoms with Crippen molar-refractivity contribution in [3.8, 4) is 0 Å². The standard InChI is InChI=1S/C21H30N6O/c1-4-25(2)20(16-8-6-5-7-9-16)21(28)27-13-11-17(14-27)26(3)15-19-23-12-10-18(22)24-19/h5-10,12,17,20H,4,11,13-15H2,1-3H3,(H2,22,23,24)/t17-,20-/m0/s1.